The number of halogens is 1. The van der Waals surface area contributed by atoms with Crippen molar-refractivity contribution in [2.45, 2.75) is 0 Å². The molecule has 0 saturated heterocycles. The Morgan fingerprint density at radius 1 is 2.00 bits per heavy atom. The van der Waals surface area contributed by atoms with E-state index in [4.69, 9.17) is 4.57 Å². The van der Waals surface area contributed by atoms with E-state index >= 15 is 0 Å². The first-order valence-electron chi connectivity index (χ1n) is 0.626. The number of hydrogen-bond acceptors (Lipinski definition) is 2. The molecule has 0 aromatic rings. The molecule has 0 N–H and O–H groups in total. The molecule has 0 aromatic carbocycles. The molecule has 0 aliphatic heterocycles. The molecule has 0 rings (SSSR count). The first-order valence-corrected chi connectivity index (χ1v) is 1.57. The van der Waals surface area contributed by atoms with E-state index in [0.717, 1.165) is 0 Å². The molecule has 0 spiro atoms. The van der Waals surface area contributed by atoms with Crippen molar-refractivity contribution in [1.29, 1.82) is 0 Å². The monoisotopic (exact) mass is 84.0 g/mol. The first-order chi connectivity index (χ1) is 1.91. The fraction of sp³-hybridized carbons (Fsp3) is 0. The van der Waals surface area contributed by atoms with Crippen LogP contribution in [0.5, 0.6) is 0 Å². The zero-order chi connectivity index (χ0) is 3.41. The highest BCUT2D eigenvalue weighted by Crippen LogP contribution is 1.89. The minimum absolute atomic E-state index is 1.63. The van der Waals surface area contributed by atoms with Crippen LogP contribution in [-0.4, -0.2) is 0 Å². The van der Waals surface area contributed by atoms with Crippen LogP contribution in [-0.2, 0) is 9.29 Å². The third-order valence-corrected chi connectivity index (χ3v) is 0.109. The molecule has 2 nitrogen and oxygen atoms in total. The summed E-state index contributed by atoms with van der Waals surface area (Å²) in [5.74, 6) is 0. The van der Waals surface area contributed by atoms with Crippen LogP contribution in [0, 0.1) is 0 Å². The molecule has 1 unspecified atom stereocenters. The van der Waals surface area contributed by atoms with Gasteiger partial charge in [0.05, 0.1) is 0 Å². The van der Waals surface area contributed by atoms with Crippen molar-refractivity contribution in [1.82, 2.24) is 0 Å². The van der Waals surface area contributed by atoms with Gasteiger partial charge in [-0.2, -0.15) is 0 Å². The van der Waals surface area contributed by atoms with Gasteiger partial charge in [-0.25, -0.2) is 0 Å². The standard InChI is InChI=1S/FH2O2P/c1-3-4-2/h4H2. The van der Waals surface area contributed by atoms with Crippen LogP contribution in [0.4, 0.5) is 4.53 Å². The Labute approximate surface area is 23.8 Å². The summed E-state index contributed by atoms with van der Waals surface area (Å²) in [5.41, 5.74) is 0. The van der Waals surface area contributed by atoms with Crippen molar-refractivity contribution in [3.8, 4) is 0 Å². The molecule has 0 aliphatic carbocycles. The van der Waals surface area contributed by atoms with Gasteiger partial charge >= 0.3 is 0 Å². The van der Waals surface area contributed by atoms with E-state index in [1.54, 1.807) is 0 Å². The van der Waals surface area contributed by atoms with Crippen LogP contribution in [0.15, 0.2) is 0 Å². The fourth-order valence-electron chi connectivity index (χ4n) is 0. The van der Waals surface area contributed by atoms with Gasteiger partial charge in [0.15, 0.2) is 0 Å². The van der Waals surface area contributed by atoms with Gasteiger partial charge in [0.1, 0.15) is 0 Å². The molecule has 26 valence electrons. The molecule has 0 aromatic heterocycles. The predicted octanol–water partition coefficient (Wildman–Crippen LogP) is 0.559. The molecule has 0 aliphatic rings. The average Bonchev–Trinajstić information content (AvgIpc) is 1.37. The lowest BCUT2D eigenvalue weighted by atomic mass is 15.6. The molecule has 0 fully saturated rings. The minimum atomic E-state index is -1.63. The summed E-state index contributed by atoms with van der Waals surface area (Å²) in [6, 6.07) is 0. The highest BCUT2D eigenvalue weighted by molar-refractivity contribution is 7.17. The molecular formula is H2FO2P. The summed E-state index contributed by atoms with van der Waals surface area (Å²) in [6.07, 6.45) is 0. The van der Waals surface area contributed by atoms with Crippen LogP contribution < -0.4 is 0 Å². The van der Waals surface area contributed by atoms with E-state index in [0.29, 0.717) is 0 Å². The highest BCUT2D eigenvalue weighted by Gasteiger charge is 1.50. The minimum Gasteiger partial charge on any atom is -0.296 e. The van der Waals surface area contributed by atoms with Gasteiger partial charge in [-0.05, 0) is 4.53 Å². The van der Waals surface area contributed by atoms with Gasteiger partial charge in [0, 0.05) is 0 Å². The first kappa shape index (κ1) is 4.12. The second kappa shape index (κ2) is 3.12. The maximum absolute atomic E-state index is 9.95. The summed E-state index contributed by atoms with van der Waals surface area (Å²) in [7, 11) is -1.63. The summed E-state index contributed by atoms with van der Waals surface area (Å²) in [5, 5.41) is 0. The van der Waals surface area contributed by atoms with Gasteiger partial charge < -0.3 is 0 Å². The molecule has 0 amide bonds. The Morgan fingerprint density at radius 3 is 2.25 bits per heavy atom. The molecule has 4 heavy (non-hydrogen) atoms. The summed E-state index contributed by atoms with van der Waals surface area (Å²) in [4.78, 5) is 0. The maximum atomic E-state index is 9.95. The van der Waals surface area contributed by atoms with Crippen molar-refractivity contribution in [2.24, 2.45) is 0 Å². The van der Waals surface area contributed by atoms with E-state index in [-0.39, 0.29) is 0 Å². The Hall–Kier alpha value is 0.120. The van der Waals surface area contributed by atoms with Crippen molar-refractivity contribution in [3.05, 3.63) is 0 Å². The van der Waals surface area contributed by atoms with E-state index in [9.17, 15) is 4.53 Å². The Morgan fingerprint density at radius 2 is 2.25 bits per heavy atom. The van der Waals surface area contributed by atoms with E-state index < -0.39 is 8.69 Å². The molecule has 0 saturated carbocycles. The average molecular weight is 84.0 g/mol. The molecule has 0 bridgehead atoms. The second-order valence-corrected chi connectivity index (χ2v) is 0.556. The van der Waals surface area contributed by atoms with Crippen molar-refractivity contribution >= 4 is 8.69 Å². The number of rotatable bonds is 1. The second-order valence-electron chi connectivity index (χ2n) is 0.185. The van der Waals surface area contributed by atoms with Gasteiger partial charge in [-0.15, -0.1) is 4.73 Å². The molecule has 0 heterocycles. The summed E-state index contributed by atoms with van der Waals surface area (Å²) < 4.78 is 21.3. The van der Waals surface area contributed by atoms with Crippen LogP contribution in [0.25, 0.3) is 0 Å². The van der Waals surface area contributed by atoms with Gasteiger partial charge in [0.2, 0.25) is 8.69 Å². The third-order valence-electron chi connectivity index (χ3n) is 0.0364. The summed E-state index contributed by atoms with van der Waals surface area (Å²) >= 11 is 0. The topological polar surface area (TPSA) is 26.3 Å². The third kappa shape index (κ3) is 2.12. The lowest BCUT2D eigenvalue weighted by molar-refractivity contribution is 0.0113. The predicted molar refractivity (Wildman–Crippen MR) is 12.6 cm³/mol. The fourth-order valence-corrected chi connectivity index (χ4v) is 0. The maximum Gasteiger partial charge on any atom is 0.220 e. The van der Waals surface area contributed by atoms with Crippen LogP contribution in [0.2, 0.25) is 0 Å². The lowest BCUT2D eigenvalue weighted by Crippen LogP contribution is -1.26. The van der Waals surface area contributed by atoms with Gasteiger partial charge in [-0.1, -0.05) is 0 Å². The SMILES string of the molecule is O=[PH2]OF. The molecule has 0 radical (unpaired) electrons. The molecular weight excluding hydrogens is 82.0 g/mol. The zero-order valence-electron chi connectivity index (χ0n) is 1.77. The van der Waals surface area contributed by atoms with E-state index in [1.807, 2.05) is 0 Å². The quantitative estimate of drug-likeness (QED) is 0.434. The Balaban J connectivity index is 2.30. The van der Waals surface area contributed by atoms with Crippen LogP contribution >= 0.6 is 8.69 Å². The van der Waals surface area contributed by atoms with Crippen molar-refractivity contribution in [2.75, 3.05) is 0 Å². The van der Waals surface area contributed by atoms with Crippen LogP contribution in [0.3, 0.4) is 0 Å². The van der Waals surface area contributed by atoms with Gasteiger partial charge in [0.25, 0.3) is 0 Å². The Bertz CT molecular complexity index is 20.0. The summed E-state index contributed by atoms with van der Waals surface area (Å²) in [6.45, 7) is 0. The van der Waals surface area contributed by atoms with Crippen molar-refractivity contribution < 1.29 is 13.8 Å². The van der Waals surface area contributed by atoms with Crippen LogP contribution in [0.1, 0.15) is 0 Å². The Kier molecular flexibility index (Phi) is 3.21. The smallest absolute Gasteiger partial charge is 0.220 e. The largest absolute Gasteiger partial charge is 0.296 e. The zero-order valence-corrected chi connectivity index (χ0v) is 2.93. The van der Waals surface area contributed by atoms with Crippen molar-refractivity contribution in [3.63, 3.8) is 0 Å². The van der Waals surface area contributed by atoms with E-state index in [1.165, 1.54) is 0 Å². The van der Waals surface area contributed by atoms with Gasteiger partial charge in [-0.3, -0.25) is 4.57 Å². The normalized spacial score (nSPS) is 10.2. The lowest BCUT2D eigenvalue weighted by Gasteiger charge is -1.54. The van der Waals surface area contributed by atoms with E-state index in [2.05, 4.69) is 4.73 Å². The highest BCUT2D eigenvalue weighted by atomic mass is 31.1. The number of hydrogen-bond donors (Lipinski definition) is 0. The molecule has 1 atom stereocenters. The molecule has 4 heteroatoms.